The third kappa shape index (κ3) is 2.00. The van der Waals surface area contributed by atoms with E-state index in [1.54, 1.807) is 17.5 Å². The number of thiazole rings is 1. The van der Waals surface area contributed by atoms with Crippen molar-refractivity contribution in [2.75, 3.05) is 5.73 Å². The average molecular weight is 239 g/mol. The van der Waals surface area contributed by atoms with Crippen molar-refractivity contribution in [2.24, 2.45) is 0 Å². The van der Waals surface area contributed by atoms with E-state index >= 15 is 0 Å². The van der Waals surface area contributed by atoms with Gasteiger partial charge in [-0.3, -0.25) is 0 Å². The van der Waals surface area contributed by atoms with Gasteiger partial charge in [0, 0.05) is 10.9 Å². The predicted octanol–water partition coefficient (Wildman–Crippen LogP) is 1.16. The number of nitrogens with zero attached hydrogens (tertiary/aromatic N) is 1. The van der Waals surface area contributed by atoms with E-state index in [-0.39, 0.29) is 4.90 Å². The molecule has 1 aromatic heterocycles. The highest BCUT2D eigenvalue weighted by atomic mass is 32.2. The number of anilines is 1. The molecule has 0 saturated heterocycles. The van der Waals surface area contributed by atoms with Gasteiger partial charge in [-0.15, -0.1) is 11.3 Å². The molecule has 1 radical (unpaired) electrons. The smallest absolute Gasteiger partial charge is 0.180 e. The second-order valence-electron chi connectivity index (χ2n) is 2.76. The van der Waals surface area contributed by atoms with Gasteiger partial charge in [0.15, 0.2) is 15.8 Å². The largest absolute Gasteiger partial charge is 0.375 e. The van der Waals surface area contributed by atoms with Crippen molar-refractivity contribution >= 4 is 27.2 Å². The van der Waals surface area contributed by atoms with Gasteiger partial charge in [0.05, 0.1) is 10.6 Å². The standard InChI is InChI=1S/C9H7N2O2S2/c10-9-11-7(5-14-9)6-3-1-2-4-8(6)15(12)13/h1-2,4-5,15H,(H2,10,11). The lowest BCUT2D eigenvalue weighted by atomic mass is 10.2. The van der Waals surface area contributed by atoms with Gasteiger partial charge in [0.2, 0.25) is 0 Å². The van der Waals surface area contributed by atoms with E-state index in [2.05, 4.69) is 11.1 Å². The topological polar surface area (TPSA) is 73.0 Å². The van der Waals surface area contributed by atoms with Gasteiger partial charge in [-0.05, 0) is 12.1 Å². The van der Waals surface area contributed by atoms with Gasteiger partial charge in [-0.2, -0.15) is 0 Å². The first kappa shape index (κ1) is 10.1. The molecule has 0 unspecified atom stereocenters. The number of thiol groups is 1. The Hall–Kier alpha value is -1.40. The Morgan fingerprint density at radius 1 is 1.47 bits per heavy atom. The highest BCUT2D eigenvalue weighted by Crippen LogP contribution is 2.26. The predicted molar refractivity (Wildman–Crippen MR) is 59.4 cm³/mol. The summed E-state index contributed by atoms with van der Waals surface area (Å²) in [6.07, 6.45) is 0. The zero-order chi connectivity index (χ0) is 10.8. The summed E-state index contributed by atoms with van der Waals surface area (Å²) in [6.45, 7) is 0. The summed E-state index contributed by atoms with van der Waals surface area (Å²) in [4.78, 5) is 4.24. The van der Waals surface area contributed by atoms with Crippen molar-refractivity contribution in [3.63, 3.8) is 0 Å². The van der Waals surface area contributed by atoms with E-state index in [0.29, 0.717) is 16.4 Å². The molecule has 77 valence electrons. The van der Waals surface area contributed by atoms with Crippen LogP contribution < -0.4 is 5.73 Å². The third-order valence-corrected chi connectivity index (χ3v) is 3.25. The zero-order valence-corrected chi connectivity index (χ0v) is 9.22. The van der Waals surface area contributed by atoms with Crippen LogP contribution in [0.2, 0.25) is 0 Å². The van der Waals surface area contributed by atoms with Crippen molar-refractivity contribution < 1.29 is 8.42 Å². The number of hydrogen-bond acceptors (Lipinski definition) is 5. The van der Waals surface area contributed by atoms with Crippen molar-refractivity contribution in [2.45, 2.75) is 4.90 Å². The second-order valence-corrected chi connectivity index (χ2v) is 4.64. The van der Waals surface area contributed by atoms with Crippen LogP contribution in [0.1, 0.15) is 0 Å². The van der Waals surface area contributed by atoms with E-state index in [9.17, 15) is 8.42 Å². The third-order valence-electron chi connectivity index (χ3n) is 1.81. The van der Waals surface area contributed by atoms with Crippen molar-refractivity contribution in [3.8, 4) is 11.3 Å². The van der Waals surface area contributed by atoms with Crippen LogP contribution in [0, 0.1) is 6.07 Å². The summed E-state index contributed by atoms with van der Waals surface area (Å²) in [7, 11) is -2.64. The number of aromatic nitrogens is 1. The minimum absolute atomic E-state index is 0.220. The lowest BCUT2D eigenvalue weighted by Crippen LogP contribution is -1.88. The van der Waals surface area contributed by atoms with E-state index < -0.39 is 10.7 Å². The lowest BCUT2D eigenvalue weighted by molar-refractivity contribution is 0.615. The molecule has 0 aliphatic carbocycles. The fourth-order valence-corrected chi connectivity index (χ4v) is 2.31. The first-order chi connectivity index (χ1) is 7.18. The summed E-state index contributed by atoms with van der Waals surface area (Å²) in [5.74, 6) is 0. The molecule has 0 amide bonds. The SMILES string of the molecule is Nc1nc(-c2[c]cccc2[SH](=O)=O)cs1. The highest BCUT2D eigenvalue weighted by Gasteiger charge is 2.09. The molecule has 15 heavy (non-hydrogen) atoms. The molecule has 2 N–H and O–H groups in total. The molecule has 0 saturated carbocycles. The monoisotopic (exact) mass is 239 g/mol. The maximum Gasteiger partial charge on any atom is 0.180 e. The van der Waals surface area contributed by atoms with Gasteiger partial charge < -0.3 is 5.73 Å². The molecular weight excluding hydrogens is 232 g/mol. The van der Waals surface area contributed by atoms with Crippen LogP contribution in [0.4, 0.5) is 5.13 Å². The van der Waals surface area contributed by atoms with Crippen LogP contribution in [0.5, 0.6) is 0 Å². The summed E-state index contributed by atoms with van der Waals surface area (Å²) >= 11 is 1.27. The van der Waals surface area contributed by atoms with Gasteiger partial charge in [-0.25, -0.2) is 13.4 Å². The van der Waals surface area contributed by atoms with Crippen molar-refractivity contribution in [3.05, 3.63) is 29.6 Å². The Labute approximate surface area is 92.3 Å². The summed E-state index contributed by atoms with van der Waals surface area (Å²) in [5, 5.41) is 2.12. The molecule has 2 rings (SSSR count). The van der Waals surface area contributed by atoms with Crippen LogP contribution in [0.3, 0.4) is 0 Å². The maximum absolute atomic E-state index is 11.0. The Bertz CT molecular complexity index is 553. The molecule has 0 atom stereocenters. The van der Waals surface area contributed by atoms with Crippen LogP contribution in [0.25, 0.3) is 11.3 Å². The van der Waals surface area contributed by atoms with E-state index in [4.69, 9.17) is 5.73 Å². The molecule has 0 aliphatic rings. The Morgan fingerprint density at radius 2 is 2.27 bits per heavy atom. The molecule has 0 spiro atoms. The number of rotatable bonds is 2. The first-order valence-corrected chi connectivity index (χ1v) is 6.10. The van der Waals surface area contributed by atoms with Gasteiger partial charge in [-0.1, -0.05) is 12.1 Å². The second kappa shape index (κ2) is 4.00. The van der Waals surface area contributed by atoms with Gasteiger partial charge >= 0.3 is 0 Å². The zero-order valence-electron chi connectivity index (χ0n) is 7.51. The normalized spacial score (nSPS) is 10.7. The lowest BCUT2D eigenvalue weighted by Gasteiger charge is -1.98. The fourth-order valence-electron chi connectivity index (χ4n) is 1.19. The number of benzene rings is 1. The summed E-state index contributed by atoms with van der Waals surface area (Å²) in [5.41, 5.74) is 6.51. The Morgan fingerprint density at radius 3 is 2.87 bits per heavy atom. The van der Waals surface area contributed by atoms with Gasteiger partial charge in [0.25, 0.3) is 0 Å². The number of hydrogen-bond donors (Lipinski definition) is 2. The molecular formula is C9H7N2O2S2. The average Bonchev–Trinajstić information content (AvgIpc) is 2.65. The first-order valence-electron chi connectivity index (χ1n) is 4.05. The molecule has 0 aliphatic heterocycles. The Kier molecular flexibility index (Phi) is 2.70. The van der Waals surface area contributed by atoms with Crippen molar-refractivity contribution in [1.29, 1.82) is 0 Å². The highest BCUT2D eigenvalue weighted by molar-refractivity contribution is 7.72. The molecule has 2 aromatic rings. The Balaban J connectivity index is 2.62. The minimum Gasteiger partial charge on any atom is -0.375 e. The maximum atomic E-state index is 11.0. The van der Waals surface area contributed by atoms with E-state index in [1.807, 2.05) is 0 Å². The van der Waals surface area contributed by atoms with E-state index in [1.165, 1.54) is 17.4 Å². The minimum atomic E-state index is -2.64. The number of nitrogen functional groups attached to an aromatic ring is 1. The molecule has 1 aromatic carbocycles. The fraction of sp³-hybridized carbons (Fsp3) is 0. The van der Waals surface area contributed by atoms with Crippen LogP contribution in [-0.2, 0) is 10.7 Å². The van der Waals surface area contributed by atoms with Gasteiger partial charge in [0.1, 0.15) is 0 Å². The molecule has 0 bridgehead atoms. The summed E-state index contributed by atoms with van der Waals surface area (Å²) < 4.78 is 21.9. The quantitative estimate of drug-likeness (QED) is 0.771. The van der Waals surface area contributed by atoms with Crippen LogP contribution >= 0.6 is 11.3 Å². The molecule has 6 heteroatoms. The molecule has 1 heterocycles. The van der Waals surface area contributed by atoms with Crippen LogP contribution in [-0.4, -0.2) is 13.4 Å². The van der Waals surface area contributed by atoms with E-state index in [0.717, 1.165) is 0 Å². The number of nitrogens with two attached hydrogens (primary N) is 1. The molecule has 4 nitrogen and oxygen atoms in total. The van der Waals surface area contributed by atoms with Crippen LogP contribution in [0.15, 0.2) is 28.5 Å². The summed E-state index contributed by atoms with van der Waals surface area (Å²) in [6, 6.07) is 7.64. The van der Waals surface area contributed by atoms with Crippen molar-refractivity contribution in [1.82, 2.24) is 4.98 Å². The molecule has 0 fully saturated rings.